The van der Waals surface area contributed by atoms with Gasteiger partial charge in [0.1, 0.15) is 11.5 Å². The molecule has 3 rings (SSSR count). The molecule has 1 fully saturated rings. The van der Waals surface area contributed by atoms with E-state index in [4.69, 9.17) is 13.9 Å². The van der Waals surface area contributed by atoms with Crippen molar-refractivity contribution in [3.63, 3.8) is 0 Å². The molecule has 0 saturated heterocycles. The van der Waals surface area contributed by atoms with E-state index in [2.05, 4.69) is 5.32 Å². The number of benzene rings is 1. The number of carbonyl (C=O) groups is 1. The number of hydrogen-bond acceptors (Lipinski definition) is 4. The summed E-state index contributed by atoms with van der Waals surface area (Å²) in [7, 11) is 3.26. The van der Waals surface area contributed by atoms with Crippen LogP contribution in [0.3, 0.4) is 0 Å². The summed E-state index contributed by atoms with van der Waals surface area (Å²) in [4.78, 5) is 14.7. The Bertz CT molecular complexity index is 783. The van der Waals surface area contributed by atoms with Gasteiger partial charge in [0.25, 0.3) is 5.91 Å². The number of quaternary nitrogens is 1. The van der Waals surface area contributed by atoms with E-state index in [1.54, 1.807) is 14.2 Å². The Morgan fingerprint density at radius 1 is 1.18 bits per heavy atom. The summed E-state index contributed by atoms with van der Waals surface area (Å²) < 4.78 is 16.4. The van der Waals surface area contributed by atoms with Crippen molar-refractivity contribution in [3.05, 3.63) is 47.4 Å². The first kappa shape index (κ1) is 20.3. The minimum atomic E-state index is 0.148. The summed E-state index contributed by atoms with van der Waals surface area (Å²) in [6.07, 6.45) is 3.35. The van der Waals surface area contributed by atoms with E-state index in [9.17, 15) is 4.79 Å². The highest BCUT2D eigenvalue weighted by Gasteiger charge is 2.24. The number of methoxy groups -OCH3 is 2. The van der Waals surface area contributed by atoms with Crippen LogP contribution < -0.4 is 14.8 Å². The molecule has 0 atom stereocenters. The van der Waals surface area contributed by atoms with E-state index in [-0.39, 0.29) is 5.91 Å². The number of hydrogen-bond donors (Lipinski definition) is 1. The van der Waals surface area contributed by atoms with Crippen LogP contribution in [-0.2, 0) is 17.8 Å². The standard InChI is InChI=1S/C22H30N2O4/c1-16-4-8-19(28-16)15-24(22(25)14-23-13-18-5-6-18)11-10-17-7-9-20(26-2)21(12-17)27-3/h4,7-9,12,18,23H,5-6,10-11,13-15H2,1-3H3/p+1. The van der Waals surface area contributed by atoms with Crippen molar-refractivity contribution in [2.24, 2.45) is 5.92 Å². The first-order valence-corrected chi connectivity index (χ1v) is 9.94. The maximum absolute atomic E-state index is 12.8. The van der Waals surface area contributed by atoms with Crippen LogP contribution in [-0.4, -0.2) is 44.7 Å². The molecule has 1 aromatic carbocycles. The number of carbonyl (C=O) groups excluding carboxylic acids is 1. The van der Waals surface area contributed by atoms with Crippen molar-refractivity contribution >= 4 is 5.91 Å². The zero-order valence-corrected chi connectivity index (χ0v) is 17.1. The largest absolute Gasteiger partial charge is 0.493 e. The van der Waals surface area contributed by atoms with Gasteiger partial charge in [0, 0.05) is 12.5 Å². The number of rotatable bonds is 11. The Labute approximate surface area is 166 Å². The normalized spacial score (nSPS) is 13.4. The number of aryl methyl sites for hydroxylation is 1. The third kappa shape index (κ3) is 5.76. The Morgan fingerprint density at radius 2 is 1.96 bits per heavy atom. The van der Waals surface area contributed by atoms with Crippen LogP contribution in [0, 0.1) is 12.8 Å². The molecule has 2 aromatic rings. The van der Waals surface area contributed by atoms with E-state index in [0.29, 0.717) is 31.1 Å². The van der Waals surface area contributed by atoms with Gasteiger partial charge in [0.2, 0.25) is 0 Å². The first-order chi connectivity index (χ1) is 13.6. The molecule has 0 radical (unpaired) electrons. The topological polar surface area (TPSA) is 68.5 Å². The smallest absolute Gasteiger partial charge is 0.278 e. The van der Waals surface area contributed by atoms with Gasteiger partial charge in [-0.05, 0) is 56.0 Å². The Morgan fingerprint density at radius 3 is 2.61 bits per heavy atom. The maximum atomic E-state index is 12.8. The minimum Gasteiger partial charge on any atom is -0.493 e. The van der Waals surface area contributed by atoms with Crippen LogP contribution in [0.15, 0.2) is 34.7 Å². The summed E-state index contributed by atoms with van der Waals surface area (Å²) in [6, 6.07) is 9.77. The molecule has 1 aromatic heterocycles. The fourth-order valence-corrected chi connectivity index (χ4v) is 3.28. The second-order valence-corrected chi connectivity index (χ2v) is 7.44. The van der Waals surface area contributed by atoms with Crippen molar-refractivity contribution in [2.45, 2.75) is 32.7 Å². The van der Waals surface area contributed by atoms with E-state index < -0.39 is 0 Å². The summed E-state index contributed by atoms with van der Waals surface area (Å²) in [5.41, 5.74) is 1.10. The number of nitrogens with two attached hydrogens (primary N) is 1. The number of amides is 1. The zero-order chi connectivity index (χ0) is 19.9. The Kier molecular flexibility index (Phi) is 6.98. The maximum Gasteiger partial charge on any atom is 0.278 e. The lowest BCUT2D eigenvalue weighted by Gasteiger charge is -2.21. The quantitative estimate of drug-likeness (QED) is 0.642. The van der Waals surface area contributed by atoms with Gasteiger partial charge in [-0.25, -0.2) is 0 Å². The van der Waals surface area contributed by atoms with Crippen molar-refractivity contribution in [1.29, 1.82) is 0 Å². The zero-order valence-electron chi connectivity index (χ0n) is 17.1. The number of nitrogens with zero attached hydrogens (tertiary/aromatic N) is 1. The van der Waals surface area contributed by atoms with Gasteiger partial charge in [0.05, 0.1) is 27.3 Å². The van der Waals surface area contributed by atoms with Gasteiger partial charge >= 0.3 is 0 Å². The van der Waals surface area contributed by atoms with Gasteiger partial charge < -0.3 is 24.1 Å². The first-order valence-electron chi connectivity index (χ1n) is 9.94. The molecule has 6 nitrogen and oxygen atoms in total. The highest BCUT2D eigenvalue weighted by Crippen LogP contribution is 2.28. The molecule has 0 aliphatic heterocycles. The van der Waals surface area contributed by atoms with Crippen LogP contribution in [0.5, 0.6) is 11.5 Å². The minimum absolute atomic E-state index is 0.148. The molecule has 6 heteroatoms. The van der Waals surface area contributed by atoms with Crippen molar-refractivity contribution in [1.82, 2.24) is 4.90 Å². The van der Waals surface area contributed by atoms with Crippen molar-refractivity contribution in [2.75, 3.05) is 33.9 Å². The van der Waals surface area contributed by atoms with Crippen LogP contribution >= 0.6 is 0 Å². The lowest BCUT2D eigenvalue weighted by atomic mass is 10.1. The molecular weight excluding hydrogens is 356 g/mol. The fraction of sp³-hybridized carbons (Fsp3) is 0.500. The van der Waals surface area contributed by atoms with E-state index >= 15 is 0 Å². The third-order valence-corrected chi connectivity index (χ3v) is 5.13. The van der Waals surface area contributed by atoms with Gasteiger partial charge in [-0.3, -0.25) is 4.79 Å². The number of furan rings is 1. The van der Waals surface area contributed by atoms with Gasteiger partial charge in [-0.1, -0.05) is 6.07 Å². The van der Waals surface area contributed by atoms with Crippen molar-refractivity contribution in [3.8, 4) is 11.5 Å². The van der Waals surface area contributed by atoms with E-state index in [0.717, 1.165) is 36.0 Å². The number of ether oxygens (including phenoxy) is 2. The van der Waals surface area contributed by atoms with Crippen LogP contribution in [0.25, 0.3) is 0 Å². The molecule has 1 aliphatic carbocycles. The predicted molar refractivity (Wildman–Crippen MR) is 106 cm³/mol. The lowest BCUT2D eigenvalue weighted by Crippen LogP contribution is -2.87. The molecule has 0 spiro atoms. The molecule has 28 heavy (non-hydrogen) atoms. The summed E-state index contributed by atoms with van der Waals surface area (Å²) >= 11 is 0. The lowest BCUT2D eigenvalue weighted by molar-refractivity contribution is -0.647. The van der Waals surface area contributed by atoms with Gasteiger partial charge in [0.15, 0.2) is 18.0 Å². The fourth-order valence-electron chi connectivity index (χ4n) is 3.28. The molecule has 1 aliphatic rings. The third-order valence-electron chi connectivity index (χ3n) is 5.13. The van der Waals surface area contributed by atoms with Crippen LogP contribution in [0.4, 0.5) is 0 Å². The van der Waals surface area contributed by atoms with E-state index in [1.165, 1.54) is 12.8 Å². The average molecular weight is 388 g/mol. The second-order valence-electron chi connectivity index (χ2n) is 7.44. The molecule has 0 bridgehead atoms. The molecular formula is C22H31N2O4+. The Hall–Kier alpha value is -2.47. The summed E-state index contributed by atoms with van der Waals surface area (Å²) in [6.45, 7) is 4.59. The average Bonchev–Trinajstić information content (AvgIpc) is 3.44. The van der Waals surface area contributed by atoms with E-state index in [1.807, 2.05) is 42.2 Å². The highest BCUT2D eigenvalue weighted by molar-refractivity contribution is 5.77. The predicted octanol–water partition coefficient (Wildman–Crippen LogP) is 2.15. The molecule has 1 saturated carbocycles. The molecule has 1 amide bonds. The summed E-state index contributed by atoms with van der Waals surface area (Å²) in [5, 5.41) is 2.14. The molecule has 0 unspecified atom stereocenters. The van der Waals surface area contributed by atoms with Gasteiger partial charge in [-0.2, -0.15) is 0 Å². The molecule has 2 N–H and O–H groups in total. The van der Waals surface area contributed by atoms with Crippen LogP contribution in [0.1, 0.15) is 29.9 Å². The van der Waals surface area contributed by atoms with Gasteiger partial charge in [-0.15, -0.1) is 0 Å². The monoisotopic (exact) mass is 387 g/mol. The highest BCUT2D eigenvalue weighted by atomic mass is 16.5. The molecule has 1 heterocycles. The summed E-state index contributed by atoms with van der Waals surface area (Å²) in [5.74, 6) is 4.05. The Balaban J connectivity index is 1.62. The van der Waals surface area contributed by atoms with Crippen molar-refractivity contribution < 1.29 is 24.0 Å². The second kappa shape index (κ2) is 9.64. The molecule has 152 valence electrons. The van der Waals surface area contributed by atoms with Crippen LogP contribution in [0.2, 0.25) is 0 Å². The SMILES string of the molecule is COc1ccc(CCN(Cc2ccc(C)o2)C(=O)C[NH2+]CC2CC2)cc1OC.